The molecule has 0 heterocycles. The van der Waals surface area contributed by atoms with Crippen molar-refractivity contribution in [3.05, 3.63) is 82.9 Å². The molecule has 3 rings (SSSR count). The monoisotopic (exact) mass is 444 g/mol. The van der Waals surface area contributed by atoms with Gasteiger partial charge in [-0.15, -0.1) is 0 Å². The number of carbonyl (C=O) groups is 1. The fraction of sp³-hybridized carbons (Fsp3) is 0.136. The zero-order valence-electron chi connectivity index (χ0n) is 16.5. The molecule has 0 spiro atoms. The lowest BCUT2D eigenvalue weighted by Gasteiger charge is -2.11. The van der Waals surface area contributed by atoms with Crippen molar-refractivity contribution in [1.82, 2.24) is 0 Å². The van der Waals surface area contributed by atoms with Gasteiger partial charge in [0, 0.05) is 16.4 Å². The van der Waals surface area contributed by atoms with E-state index in [1.54, 1.807) is 30.3 Å². The minimum atomic E-state index is -3.73. The van der Waals surface area contributed by atoms with Gasteiger partial charge in [-0.05, 0) is 73.5 Å². The van der Waals surface area contributed by atoms with Gasteiger partial charge < -0.3 is 10.1 Å². The van der Waals surface area contributed by atoms with Crippen LogP contribution in [0.15, 0.2) is 71.6 Å². The Morgan fingerprint density at radius 3 is 2.43 bits per heavy atom. The number of carbonyl (C=O) groups excluding carboxylic acids is 1. The standard InChI is InChI=1S/C22H21ClN2O4S/c1-15-4-3-5-18(12-15)25-30(27,28)20-10-8-19(9-11-20)29-14-22(26)24-21-13-17(23)7-6-16(21)2/h3-13,25H,14H2,1-2H3,(H,24,26). The Morgan fingerprint density at radius 2 is 1.73 bits per heavy atom. The Kier molecular flexibility index (Phi) is 6.64. The van der Waals surface area contributed by atoms with Gasteiger partial charge in [0.05, 0.1) is 4.90 Å². The molecule has 0 unspecified atom stereocenters. The summed E-state index contributed by atoms with van der Waals surface area (Å²) in [6.45, 7) is 3.52. The van der Waals surface area contributed by atoms with Crippen LogP contribution in [0.5, 0.6) is 5.75 Å². The van der Waals surface area contributed by atoms with Crippen molar-refractivity contribution >= 4 is 38.9 Å². The summed E-state index contributed by atoms with van der Waals surface area (Å²) in [4.78, 5) is 12.2. The highest BCUT2D eigenvalue weighted by Crippen LogP contribution is 2.21. The predicted molar refractivity (Wildman–Crippen MR) is 119 cm³/mol. The highest BCUT2D eigenvalue weighted by Gasteiger charge is 2.14. The first kappa shape index (κ1) is 21.7. The molecule has 6 nitrogen and oxygen atoms in total. The molecule has 0 bridgehead atoms. The molecule has 0 fully saturated rings. The Hall–Kier alpha value is -3.03. The fourth-order valence-electron chi connectivity index (χ4n) is 2.70. The average Bonchev–Trinajstić information content (AvgIpc) is 2.69. The quantitative estimate of drug-likeness (QED) is 0.549. The Labute approximate surface area is 180 Å². The fourth-order valence-corrected chi connectivity index (χ4v) is 3.92. The molecule has 0 saturated heterocycles. The van der Waals surface area contributed by atoms with Crippen molar-refractivity contribution in [1.29, 1.82) is 0 Å². The molecule has 156 valence electrons. The molecule has 0 aliphatic heterocycles. The molecule has 2 N–H and O–H groups in total. The molecule has 0 radical (unpaired) electrons. The summed E-state index contributed by atoms with van der Waals surface area (Å²) in [6.07, 6.45) is 0. The van der Waals surface area contributed by atoms with Gasteiger partial charge in [-0.3, -0.25) is 9.52 Å². The normalized spacial score (nSPS) is 11.0. The van der Waals surface area contributed by atoms with Gasteiger partial charge in [0.15, 0.2) is 6.61 Å². The number of hydrogen-bond donors (Lipinski definition) is 2. The number of halogens is 1. The minimum Gasteiger partial charge on any atom is -0.484 e. The van der Waals surface area contributed by atoms with Crippen LogP contribution in [0, 0.1) is 13.8 Å². The van der Waals surface area contributed by atoms with Crippen LogP contribution in [0.1, 0.15) is 11.1 Å². The van der Waals surface area contributed by atoms with E-state index >= 15 is 0 Å². The summed E-state index contributed by atoms with van der Waals surface area (Å²) < 4.78 is 33.0. The van der Waals surface area contributed by atoms with Gasteiger partial charge in [-0.2, -0.15) is 0 Å². The first-order valence-corrected chi connectivity index (χ1v) is 11.0. The maximum Gasteiger partial charge on any atom is 0.262 e. The Balaban J connectivity index is 1.60. The predicted octanol–water partition coefficient (Wildman–Crippen LogP) is 4.78. The third-order valence-corrected chi connectivity index (χ3v) is 5.88. The number of benzene rings is 3. The van der Waals surface area contributed by atoms with Crippen molar-refractivity contribution in [3.8, 4) is 5.75 Å². The highest BCUT2D eigenvalue weighted by molar-refractivity contribution is 7.92. The lowest BCUT2D eigenvalue weighted by atomic mass is 10.2. The van der Waals surface area contributed by atoms with Gasteiger partial charge in [0.2, 0.25) is 0 Å². The summed E-state index contributed by atoms with van der Waals surface area (Å²) in [5, 5.41) is 3.26. The molecule has 3 aromatic carbocycles. The lowest BCUT2D eigenvalue weighted by molar-refractivity contribution is -0.118. The summed E-state index contributed by atoms with van der Waals surface area (Å²) in [5.74, 6) is 0.0284. The maximum absolute atomic E-state index is 12.5. The molecular formula is C22H21ClN2O4S. The largest absolute Gasteiger partial charge is 0.484 e. The molecule has 0 aliphatic rings. The van der Waals surface area contributed by atoms with E-state index in [1.807, 2.05) is 26.0 Å². The Morgan fingerprint density at radius 1 is 1.00 bits per heavy atom. The summed E-state index contributed by atoms with van der Waals surface area (Å²) in [6, 6.07) is 18.2. The van der Waals surface area contributed by atoms with Crippen molar-refractivity contribution in [2.24, 2.45) is 0 Å². The molecule has 30 heavy (non-hydrogen) atoms. The van der Waals surface area contributed by atoms with Crippen molar-refractivity contribution in [2.45, 2.75) is 18.7 Å². The van der Waals surface area contributed by atoms with Gasteiger partial charge in [-0.1, -0.05) is 29.8 Å². The maximum atomic E-state index is 12.5. The van der Waals surface area contributed by atoms with E-state index in [0.29, 0.717) is 22.1 Å². The second-order valence-corrected chi connectivity index (χ2v) is 8.86. The molecule has 0 atom stereocenters. The van der Waals surface area contributed by atoms with Crippen molar-refractivity contribution < 1.29 is 17.9 Å². The molecule has 3 aromatic rings. The summed E-state index contributed by atoms with van der Waals surface area (Å²) >= 11 is 5.95. The number of amides is 1. The number of ether oxygens (including phenoxy) is 1. The molecule has 0 saturated carbocycles. The van der Waals surface area contributed by atoms with E-state index in [1.165, 1.54) is 24.3 Å². The number of rotatable bonds is 7. The number of nitrogens with one attached hydrogen (secondary N) is 2. The second kappa shape index (κ2) is 9.19. The van der Waals surface area contributed by atoms with Gasteiger partial charge in [0.1, 0.15) is 5.75 Å². The minimum absolute atomic E-state index is 0.0929. The third kappa shape index (κ3) is 5.75. The highest BCUT2D eigenvalue weighted by atomic mass is 35.5. The van der Waals surface area contributed by atoms with E-state index < -0.39 is 10.0 Å². The van der Waals surface area contributed by atoms with Gasteiger partial charge in [0.25, 0.3) is 15.9 Å². The molecule has 0 aliphatic carbocycles. The van der Waals surface area contributed by atoms with Crippen LogP contribution in [0.4, 0.5) is 11.4 Å². The van der Waals surface area contributed by atoms with E-state index in [2.05, 4.69) is 10.0 Å². The van der Waals surface area contributed by atoms with Crippen LogP contribution in [-0.2, 0) is 14.8 Å². The van der Waals surface area contributed by atoms with Gasteiger partial charge in [-0.25, -0.2) is 8.42 Å². The van der Waals surface area contributed by atoms with Crippen molar-refractivity contribution in [2.75, 3.05) is 16.6 Å². The number of aryl methyl sites for hydroxylation is 2. The smallest absolute Gasteiger partial charge is 0.262 e. The molecule has 8 heteroatoms. The number of anilines is 2. The van der Waals surface area contributed by atoms with Crippen LogP contribution in [0.3, 0.4) is 0 Å². The molecule has 0 aromatic heterocycles. The SMILES string of the molecule is Cc1cccc(NS(=O)(=O)c2ccc(OCC(=O)Nc3cc(Cl)ccc3C)cc2)c1. The van der Waals surface area contributed by atoms with Crippen LogP contribution in [0.2, 0.25) is 5.02 Å². The van der Waals surface area contributed by atoms with E-state index in [4.69, 9.17) is 16.3 Å². The number of sulfonamides is 1. The van der Waals surface area contributed by atoms with E-state index in [-0.39, 0.29) is 17.4 Å². The first-order valence-electron chi connectivity index (χ1n) is 9.11. The topological polar surface area (TPSA) is 84.5 Å². The zero-order chi connectivity index (χ0) is 21.7. The van der Waals surface area contributed by atoms with Crippen molar-refractivity contribution in [3.63, 3.8) is 0 Å². The van der Waals surface area contributed by atoms with E-state index in [9.17, 15) is 13.2 Å². The van der Waals surface area contributed by atoms with Crippen LogP contribution >= 0.6 is 11.6 Å². The van der Waals surface area contributed by atoms with Crippen LogP contribution in [-0.4, -0.2) is 20.9 Å². The number of hydrogen-bond acceptors (Lipinski definition) is 4. The van der Waals surface area contributed by atoms with Gasteiger partial charge >= 0.3 is 0 Å². The van der Waals surface area contributed by atoms with Crippen LogP contribution in [0.25, 0.3) is 0 Å². The average molecular weight is 445 g/mol. The zero-order valence-corrected chi connectivity index (χ0v) is 18.0. The first-order chi connectivity index (χ1) is 14.2. The third-order valence-electron chi connectivity index (χ3n) is 4.25. The Bertz CT molecular complexity index is 1160. The molecular weight excluding hydrogens is 424 g/mol. The summed E-state index contributed by atoms with van der Waals surface area (Å²) in [5.41, 5.74) is 2.93. The van der Waals surface area contributed by atoms with E-state index in [0.717, 1.165) is 11.1 Å². The molecule has 1 amide bonds. The summed E-state index contributed by atoms with van der Waals surface area (Å²) in [7, 11) is -3.73. The lowest BCUT2D eigenvalue weighted by Crippen LogP contribution is -2.20. The second-order valence-electron chi connectivity index (χ2n) is 6.74. The van der Waals surface area contributed by atoms with Crippen LogP contribution < -0.4 is 14.8 Å².